The molecule has 2 heteroatoms. The highest BCUT2D eigenvalue weighted by atomic mass is 15.0. The minimum atomic E-state index is 0.818. The second-order valence-corrected chi connectivity index (χ2v) is 6.06. The van der Waals surface area contributed by atoms with E-state index >= 15 is 0 Å². The molecular weight excluding hydrogens is 184 g/mol. The molecule has 2 N–H and O–H groups in total. The van der Waals surface area contributed by atoms with E-state index in [1.807, 2.05) is 0 Å². The van der Waals surface area contributed by atoms with Crippen LogP contribution in [-0.2, 0) is 0 Å². The van der Waals surface area contributed by atoms with Crippen LogP contribution in [0.15, 0.2) is 0 Å². The number of rotatable bonds is 0. The van der Waals surface area contributed by atoms with Crippen molar-refractivity contribution in [3.8, 4) is 0 Å². The monoisotopic (exact) mass is 208 g/mol. The molecule has 1 spiro atoms. The number of piperidine rings is 2. The molecule has 86 valence electrons. The highest BCUT2D eigenvalue weighted by molar-refractivity contribution is 4.96. The molecule has 2 heterocycles. The van der Waals surface area contributed by atoms with Crippen molar-refractivity contribution < 1.29 is 0 Å². The fourth-order valence-electron chi connectivity index (χ4n) is 3.41. The smallest absolute Gasteiger partial charge is 0.00704 e. The van der Waals surface area contributed by atoms with Gasteiger partial charge in [-0.2, -0.15) is 0 Å². The molecule has 4 rings (SSSR count). The first-order chi connectivity index (χ1) is 7.36. The Labute approximate surface area is 93.2 Å². The first kappa shape index (κ1) is 10.1. The van der Waals surface area contributed by atoms with Crippen LogP contribution in [0.4, 0.5) is 0 Å². The van der Waals surface area contributed by atoms with Crippen LogP contribution >= 0.6 is 0 Å². The first-order valence-electron chi connectivity index (χ1n) is 6.80. The minimum absolute atomic E-state index is 0.818. The molecule has 2 aliphatic carbocycles. The quantitative estimate of drug-likeness (QED) is 0.635. The van der Waals surface area contributed by atoms with Gasteiger partial charge in [0.05, 0.1) is 0 Å². The van der Waals surface area contributed by atoms with Crippen molar-refractivity contribution in [2.75, 3.05) is 19.6 Å². The largest absolute Gasteiger partial charge is 0.316 e. The summed E-state index contributed by atoms with van der Waals surface area (Å²) < 4.78 is 0. The Morgan fingerprint density at radius 1 is 1.07 bits per heavy atom. The van der Waals surface area contributed by atoms with Crippen molar-refractivity contribution in [3.05, 3.63) is 0 Å². The molecule has 2 bridgehead atoms. The third-order valence-electron chi connectivity index (χ3n) is 4.75. The van der Waals surface area contributed by atoms with Crippen LogP contribution in [0, 0.1) is 11.3 Å². The Bertz CT molecular complexity index is 197. The van der Waals surface area contributed by atoms with Crippen molar-refractivity contribution in [2.24, 2.45) is 11.3 Å². The second kappa shape index (κ2) is 4.06. The molecule has 2 saturated heterocycles. The van der Waals surface area contributed by atoms with Crippen LogP contribution in [0.5, 0.6) is 0 Å². The Balaban J connectivity index is 0.0000000971. The van der Waals surface area contributed by atoms with Crippen molar-refractivity contribution in [3.63, 3.8) is 0 Å². The Kier molecular flexibility index (Phi) is 2.73. The van der Waals surface area contributed by atoms with Crippen LogP contribution in [0.2, 0.25) is 0 Å². The summed E-state index contributed by atoms with van der Waals surface area (Å²) in [6.07, 6.45) is 10.3. The van der Waals surface area contributed by atoms with Gasteiger partial charge in [-0.3, -0.25) is 0 Å². The molecule has 2 atom stereocenters. The summed E-state index contributed by atoms with van der Waals surface area (Å²) in [6.45, 7) is 3.89. The van der Waals surface area contributed by atoms with Gasteiger partial charge in [0.2, 0.25) is 0 Å². The molecule has 4 fully saturated rings. The lowest BCUT2D eigenvalue weighted by molar-refractivity contribution is 0.358. The lowest BCUT2D eigenvalue weighted by Gasteiger charge is -2.21. The van der Waals surface area contributed by atoms with Crippen molar-refractivity contribution in [1.82, 2.24) is 10.6 Å². The van der Waals surface area contributed by atoms with E-state index in [4.69, 9.17) is 0 Å². The molecule has 4 aliphatic rings. The summed E-state index contributed by atoms with van der Waals surface area (Å²) in [5.41, 5.74) is 0.818. The van der Waals surface area contributed by atoms with E-state index in [0.29, 0.717) is 0 Å². The minimum Gasteiger partial charge on any atom is -0.316 e. The molecule has 0 amide bonds. The standard InChI is InChI=1S/C7H13N.C6H11N/c1-2-7(3-4-7)6-8-5-1;1-2-6-3-5(1)4-7-6/h8H,1-6H2;5-7H,1-4H2. The molecule has 0 aromatic rings. The molecule has 2 nitrogen and oxygen atoms in total. The normalized spacial score (nSPS) is 40.0. The van der Waals surface area contributed by atoms with Crippen molar-refractivity contribution in [1.29, 1.82) is 0 Å². The average Bonchev–Trinajstić information content (AvgIpc) is 2.77. The van der Waals surface area contributed by atoms with Gasteiger partial charge in [-0.1, -0.05) is 0 Å². The average molecular weight is 208 g/mol. The van der Waals surface area contributed by atoms with Crippen LogP contribution in [0.1, 0.15) is 44.9 Å². The Hall–Kier alpha value is -0.0800. The highest BCUT2D eigenvalue weighted by Crippen LogP contribution is 2.50. The highest BCUT2D eigenvalue weighted by Gasteiger charge is 2.42. The van der Waals surface area contributed by atoms with Gasteiger partial charge in [0.1, 0.15) is 0 Å². The fraction of sp³-hybridized carbons (Fsp3) is 1.00. The Morgan fingerprint density at radius 2 is 2.00 bits per heavy atom. The summed E-state index contributed by atoms with van der Waals surface area (Å²) in [6, 6.07) is 0.921. The lowest BCUT2D eigenvalue weighted by atomic mass is 9.97. The molecule has 2 saturated carbocycles. The van der Waals surface area contributed by atoms with E-state index < -0.39 is 0 Å². The number of hydrogen-bond donors (Lipinski definition) is 2. The maximum absolute atomic E-state index is 3.46. The van der Waals surface area contributed by atoms with E-state index in [1.54, 1.807) is 0 Å². The zero-order chi connectivity index (χ0) is 10.1. The van der Waals surface area contributed by atoms with E-state index in [1.165, 1.54) is 64.6 Å². The Morgan fingerprint density at radius 3 is 2.27 bits per heavy atom. The number of hydrogen-bond acceptors (Lipinski definition) is 2. The summed E-state index contributed by atoms with van der Waals surface area (Å²) in [5, 5.41) is 6.89. The van der Waals surface area contributed by atoms with Gasteiger partial charge in [-0.25, -0.2) is 0 Å². The van der Waals surface area contributed by atoms with E-state index in [2.05, 4.69) is 10.6 Å². The topological polar surface area (TPSA) is 24.1 Å². The lowest BCUT2D eigenvalue weighted by Crippen LogP contribution is -2.30. The maximum Gasteiger partial charge on any atom is 0.00704 e. The summed E-state index contributed by atoms with van der Waals surface area (Å²) >= 11 is 0. The second-order valence-electron chi connectivity index (χ2n) is 6.06. The summed E-state index contributed by atoms with van der Waals surface area (Å²) in [7, 11) is 0. The van der Waals surface area contributed by atoms with Crippen LogP contribution in [0.25, 0.3) is 0 Å². The summed E-state index contributed by atoms with van der Waals surface area (Å²) in [4.78, 5) is 0. The third-order valence-corrected chi connectivity index (χ3v) is 4.75. The fourth-order valence-corrected chi connectivity index (χ4v) is 3.41. The van der Waals surface area contributed by atoms with Gasteiger partial charge in [0.15, 0.2) is 0 Å². The van der Waals surface area contributed by atoms with Gasteiger partial charge in [0.25, 0.3) is 0 Å². The molecule has 0 aromatic heterocycles. The van der Waals surface area contributed by atoms with Crippen molar-refractivity contribution in [2.45, 2.75) is 51.0 Å². The molecule has 0 aromatic carbocycles. The SMILES string of the molecule is C1CC2CC1CN2.C1CNCC2(C1)CC2. The molecule has 2 aliphatic heterocycles. The molecule has 15 heavy (non-hydrogen) atoms. The van der Waals surface area contributed by atoms with E-state index in [-0.39, 0.29) is 0 Å². The van der Waals surface area contributed by atoms with Gasteiger partial charge in [-0.05, 0) is 69.4 Å². The number of nitrogens with one attached hydrogen (secondary N) is 2. The van der Waals surface area contributed by atoms with Crippen LogP contribution in [-0.4, -0.2) is 25.7 Å². The van der Waals surface area contributed by atoms with E-state index in [9.17, 15) is 0 Å². The predicted molar refractivity (Wildman–Crippen MR) is 62.9 cm³/mol. The van der Waals surface area contributed by atoms with Gasteiger partial charge in [0, 0.05) is 12.6 Å². The first-order valence-corrected chi connectivity index (χ1v) is 6.80. The molecular formula is C13H24N2. The maximum atomic E-state index is 3.46. The molecule has 2 unspecified atom stereocenters. The zero-order valence-corrected chi connectivity index (χ0v) is 9.73. The predicted octanol–water partition coefficient (Wildman–Crippen LogP) is 1.91. The third kappa shape index (κ3) is 2.36. The van der Waals surface area contributed by atoms with Crippen LogP contribution < -0.4 is 10.6 Å². The zero-order valence-electron chi connectivity index (χ0n) is 9.73. The number of fused-ring (bicyclic) bond motifs is 2. The van der Waals surface area contributed by atoms with Gasteiger partial charge in [-0.15, -0.1) is 0 Å². The molecule has 0 radical (unpaired) electrons. The van der Waals surface area contributed by atoms with Gasteiger partial charge >= 0.3 is 0 Å². The van der Waals surface area contributed by atoms with Gasteiger partial charge < -0.3 is 10.6 Å². The summed E-state index contributed by atoms with van der Waals surface area (Å²) in [5.74, 6) is 1.06. The van der Waals surface area contributed by atoms with E-state index in [0.717, 1.165) is 17.4 Å². The van der Waals surface area contributed by atoms with Crippen molar-refractivity contribution >= 4 is 0 Å². The van der Waals surface area contributed by atoms with Crippen LogP contribution in [0.3, 0.4) is 0 Å².